The summed E-state index contributed by atoms with van der Waals surface area (Å²) in [4.78, 5) is 16.2. The average molecular weight is 333 g/mol. The molecule has 0 bridgehead atoms. The highest BCUT2D eigenvalue weighted by atomic mass is 16.5. The molecule has 24 heavy (non-hydrogen) atoms. The van der Waals surface area contributed by atoms with E-state index in [0.29, 0.717) is 19.2 Å². The molecule has 0 radical (unpaired) electrons. The van der Waals surface area contributed by atoms with Crippen LogP contribution in [0, 0.1) is 6.92 Å². The number of rotatable bonds is 7. The molecule has 1 atom stereocenters. The van der Waals surface area contributed by atoms with Gasteiger partial charge in [-0.2, -0.15) is 0 Å². The van der Waals surface area contributed by atoms with Crippen LogP contribution in [0.2, 0.25) is 0 Å². The van der Waals surface area contributed by atoms with Crippen LogP contribution in [0.4, 0.5) is 4.79 Å². The number of carbonyl (C=O) groups excluding carboxylic acids is 1. The van der Waals surface area contributed by atoms with Crippen LogP contribution in [0.5, 0.6) is 5.75 Å². The Balaban J connectivity index is 1.61. The first kappa shape index (κ1) is 18.6. The monoisotopic (exact) mass is 333 g/mol. The number of ether oxygens (including phenoxy) is 1. The predicted molar refractivity (Wildman–Crippen MR) is 97.6 cm³/mol. The van der Waals surface area contributed by atoms with E-state index < -0.39 is 0 Å². The Labute approximate surface area is 146 Å². The van der Waals surface area contributed by atoms with Gasteiger partial charge in [0.15, 0.2) is 0 Å². The van der Waals surface area contributed by atoms with E-state index in [2.05, 4.69) is 30.3 Å². The molecule has 1 fully saturated rings. The lowest BCUT2D eigenvalue weighted by Crippen LogP contribution is -2.47. The Morgan fingerprint density at radius 2 is 2.25 bits per heavy atom. The van der Waals surface area contributed by atoms with Crippen molar-refractivity contribution >= 4 is 6.03 Å². The number of hydrogen-bond donors (Lipinski definition) is 1. The molecule has 5 heteroatoms. The van der Waals surface area contributed by atoms with Gasteiger partial charge in [0, 0.05) is 26.2 Å². The van der Waals surface area contributed by atoms with Gasteiger partial charge in [-0.1, -0.05) is 18.6 Å². The van der Waals surface area contributed by atoms with Gasteiger partial charge in [0.25, 0.3) is 0 Å². The molecule has 0 saturated carbocycles. The van der Waals surface area contributed by atoms with Crippen molar-refractivity contribution in [1.29, 1.82) is 0 Å². The van der Waals surface area contributed by atoms with Crippen molar-refractivity contribution in [3.63, 3.8) is 0 Å². The molecule has 1 aliphatic heterocycles. The number of piperidine rings is 1. The summed E-state index contributed by atoms with van der Waals surface area (Å²) in [5, 5.41) is 3.05. The molecule has 1 saturated heterocycles. The molecule has 5 nitrogen and oxygen atoms in total. The van der Waals surface area contributed by atoms with E-state index in [4.69, 9.17) is 4.74 Å². The van der Waals surface area contributed by atoms with Gasteiger partial charge >= 0.3 is 6.03 Å². The average Bonchev–Trinajstić information content (AvgIpc) is 2.57. The van der Waals surface area contributed by atoms with Crippen LogP contribution in [-0.4, -0.2) is 62.2 Å². The van der Waals surface area contributed by atoms with E-state index in [1.807, 2.05) is 25.2 Å². The molecule has 0 unspecified atom stereocenters. The van der Waals surface area contributed by atoms with E-state index in [0.717, 1.165) is 25.3 Å². The number of urea groups is 1. The highest BCUT2D eigenvalue weighted by Crippen LogP contribution is 2.14. The van der Waals surface area contributed by atoms with Crippen LogP contribution in [0.15, 0.2) is 24.3 Å². The van der Waals surface area contributed by atoms with E-state index in [1.54, 1.807) is 4.90 Å². The lowest BCUT2D eigenvalue weighted by Gasteiger charge is -2.33. The highest BCUT2D eigenvalue weighted by molar-refractivity contribution is 5.73. The molecule has 1 aliphatic rings. The molecule has 0 spiro atoms. The number of carbonyl (C=O) groups is 1. The van der Waals surface area contributed by atoms with Crippen molar-refractivity contribution in [2.45, 2.75) is 38.6 Å². The summed E-state index contributed by atoms with van der Waals surface area (Å²) in [5.74, 6) is 0.891. The predicted octanol–water partition coefficient (Wildman–Crippen LogP) is 2.89. The van der Waals surface area contributed by atoms with Gasteiger partial charge in [-0.05, 0) is 57.5 Å². The first-order chi connectivity index (χ1) is 11.6. The maximum atomic E-state index is 12.2. The minimum atomic E-state index is 0.00419. The zero-order chi connectivity index (χ0) is 17.4. The van der Waals surface area contributed by atoms with Gasteiger partial charge in [0.05, 0.1) is 6.61 Å². The minimum absolute atomic E-state index is 0.00419. The fourth-order valence-electron chi connectivity index (χ4n) is 3.04. The Morgan fingerprint density at radius 1 is 1.42 bits per heavy atom. The number of benzene rings is 1. The number of aryl methyl sites for hydroxylation is 1. The molecule has 1 aromatic carbocycles. The molecular formula is C19H31N3O2. The van der Waals surface area contributed by atoms with Crippen LogP contribution >= 0.6 is 0 Å². The lowest BCUT2D eigenvalue weighted by molar-refractivity contribution is 0.171. The molecule has 1 N–H and O–H groups in total. The minimum Gasteiger partial charge on any atom is -0.494 e. The third kappa shape index (κ3) is 6.04. The van der Waals surface area contributed by atoms with Crippen LogP contribution < -0.4 is 10.1 Å². The number of likely N-dealkylation sites (N-methyl/N-ethyl adjacent to an activating group) is 1. The smallest absolute Gasteiger partial charge is 0.317 e. The van der Waals surface area contributed by atoms with Gasteiger partial charge in [0.1, 0.15) is 5.75 Å². The van der Waals surface area contributed by atoms with Crippen LogP contribution in [0.1, 0.15) is 31.2 Å². The molecule has 2 amide bonds. The SMILES string of the molecule is Cc1cccc(OCCCN(C)C(=O)NC[C@H]2CCCCN2C)c1. The van der Waals surface area contributed by atoms with Crippen LogP contribution in [0.25, 0.3) is 0 Å². The number of nitrogens with one attached hydrogen (secondary N) is 1. The molecule has 0 aliphatic carbocycles. The number of amides is 2. The third-order valence-corrected chi connectivity index (χ3v) is 4.65. The molecule has 134 valence electrons. The van der Waals surface area contributed by atoms with Crippen molar-refractivity contribution in [3.8, 4) is 5.75 Å². The standard InChI is InChI=1S/C19H31N3O2/c1-16-8-6-10-18(14-16)24-13-7-12-22(3)19(23)20-15-17-9-4-5-11-21(17)2/h6,8,10,14,17H,4-5,7,9,11-13,15H2,1-3H3,(H,20,23)/t17-/m1/s1. The molecule has 1 aromatic rings. The molecular weight excluding hydrogens is 302 g/mol. The second-order valence-corrected chi connectivity index (χ2v) is 6.76. The second-order valence-electron chi connectivity index (χ2n) is 6.76. The maximum Gasteiger partial charge on any atom is 0.317 e. The van der Waals surface area contributed by atoms with E-state index in [1.165, 1.54) is 24.8 Å². The van der Waals surface area contributed by atoms with Crippen LogP contribution in [0.3, 0.4) is 0 Å². The molecule has 0 aromatic heterocycles. The fraction of sp³-hybridized carbons (Fsp3) is 0.632. The molecule has 1 heterocycles. The first-order valence-corrected chi connectivity index (χ1v) is 8.95. The maximum absolute atomic E-state index is 12.2. The van der Waals surface area contributed by atoms with Crippen molar-refractivity contribution in [1.82, 2.24) is 15.1 Å². The Morgan fingerprint density at radius 3 is 3.00 bits per heavy atom. The zero-order valence-electron chi connectivity index (χ0n) is 15.3. The summed E-state index contributed by atoms with van der Waals surface area (Å²) in [6.45, 7) is 5.23. The summed E-state index contributed by atoms with van der Waals surface area (Å²) in [6, 6.07) is 8.51. The lowest BCUT2D eigenvalue weighted by atomic mass is 10.0. The summed E-state index contributed by atoms with van der Waals surface area (Å²) in [5.41, 5.74) is 1.19. The Bertz CT molecular complexity index is 521. The van der Waals surface area contributed by atoms with Gasteiger partial charge in [-0.25, -0.2) is 4.79 Å². The normalized spacial score (nSPS) is 18.2. The number of likely N-dealkylation sites (tertiary alicyclic amines) is 1. The largest absolute Gasteiger partial charge is 0.494 e. The van der Waals surface area contributed by atoms with Crippen molar-refractivity contribution < 1.29 is 9.53 Å². The van der Waals surface area contributed by atoms with Crippen molar-refractivity contribution in [2.75, 3.05) is 40.3 Å². The number of nitrogens with zero attached hydrogens (tertiary/aromatic N) is 2. The third-order valence-electron chi connectivity index (χ3n) is 4.65. The summed E-state index contributed by atoms with van der Waals surface area (Å²) in [6.07, 6.45) is 4.52. The Kier molecular flexibility index (Phi) is 7.37. The topological polar surface area (TPSA) is 44.8 Å². The van der Waals surface area contributed by atoms with E-state index >= 15 is 0 Å². The number of hydrogen-bond acceptors (Lipinski definition) is 3. The van der Waals surface area contributed by atoms with E-state index in [9.17, 15) is 4.79 Å². The van der Waals surface area contributed by atoms with Gasteiger partial charge in [-0.15, -0.1) is 0 Å². The van der Waals surface area contributed by atoms with E-state index in [-0.39, 0.29) is 6.03 Å². The zero-order valence-corrected chi connectivity index (χ0v) is 15.3. The first-order valence-electron chi connectivity index (χ1n) is 8.95. The van der Waals surface area contributed by atoms with Gasteiger partial charge in [0.2, 0.25) is 0 Å². The van der Waals surface area contributed by atoms with Gasteiger partial charge in [-0.3, -0.25) is 0 Å². The summed E-state index contributed by atoms with van der Waals surface area (Å²) < 4.78 is 5.72. The highest BCUT2D eigenvalue weighted by Gasteiger charge is 2.19. The summed E-state index contributed by atoms with van der Waals surface area (Å²) in [7, 11) is 3.98. The van der Waals surface area contributed by atoms with Crippen LogP contribution in [-0.2, 0) is 0 Å². The van der Waals surface area contributed by atoms with Crippen molar-refractivity contribution in [2.24, 2.45) is 0 Å². The summed E-state index contributed by atoms with van der Waals surface area (Å²) >= 11 is 0. The second kappa shape index (κ2) is 9.52. The van der Waals surface area contributed by atoms with Crippen molar-refractivity contribution in [3.05, 3.63) is 29.8 Å². The molecule has 2 rings (SSSR count). The van der Waals surface area contributed by atoms with Gasteiger partial charge < -0.3 is 19.9 Å². The quantitative estimate of drug-likeness (QED) is 0.781. The Hall–Kier alpha value is -1.75. The fourth-order valence-corrected chi connectivity index (χ4v) is 3.04.